The van der Waals surface area contributed by atoms with Crippen LogP contribution in [-0.2, 0) is 14.3 Å². The van der Waals surface area contributed by atoms with Crippen molar-refractivity contribution in [3.05, 3.63) is 35.9 Å². The summed E-state index contributed by atoms with van der Waals surface area (Å²) in [6, 6.07) is 9.19. The molecule has 1 saturated heterocycles. The van der Waals surface area contributed by atoms with Gasteiger partial charge in [0, 0.05) is 0 Å². The second-order valence-corrected chi connectivity index (χ2v) is 2.93. The van der Waals surface area contributed by atoms with Gasteiger partial charge < -0.3 is 4.74 Å². The molecule has 1 aromatic rings. The second-order valence-electron chi connectivity index (χ2n) is 2.93. The molecule has 0 N–H and O–H groups in total. The van der Waals surface area contributed by atoms with Gasteiger partial charge in [-0.25, -0.2) is 4.79 Å². The maximum Gasteiger partial charge on any atom is 0.375 e. The first-order valence-electron chi connectivity index (χ1n) is 4.05. The molecule has 1 fully saturated rings. The Bertz CT molecular complexity index is 342. The minimum absolute atomic E-state index is 0.182. The van der Waals surface area contributed by atoms with Crippen molar-refractivity contribution in [2.45, 2.75) is 5.92 Å². The van der Waals surface area contributed by atoms with E-state index < -0.39 is 17.7 Å². The van der Waals surface area contributed by atoms with E-state index in [2.05, 4.69) is 4.74 Å². The Morgan fingerprint density at radius 2 is 1.85 bits per heavy atom. The van der Waals surface area contributed by atoms with E-state index >= 15 is 0 Å². The third kappa shape index (κ3) is 1.33. The Hall–Kier alpha value is -1.64. The van der Waals surface area contributed by atoms with Crippen LogP contribution in [0.5, 0.6) is 0 Å². The summed E-state index contributed by atoms with van der Waals surface area (Å²) in [5.74, 6) is -1.55. The molecule has 3 heteroatoms. The number of carbonyl (C=O) groups excluding carboxylic acids is 2. The summed E-state index contributed by atoms with van der Waals surface area (Å²) in [5, 5.41) is 0. The summed E-state index contributed by atoms with van der Waals surface area (Å²) < 4.78 is 4.64. The summed E-state index contributed by atoms with van der Waals surface area (Å²) in [4.78, 5) is 22.0. The summed E-state index contributed by atoms with van der Waals surface area (Å²) in [6.07, 6.45) is 0. The van der Waals surface area contributed by atoms with E-state index in [1.165, 1.54) is 0 Å². The Balaban J connectivity index is 2.29. The molecular formula is C10H8O3. The number of hydrogen-bond acceptors (Lipinski definition) is 3. The minimum Gasteiger partial charge on any atom is -0.459 e. The highest BCUT2D eigenvalue weighted by Crippen LogP contribution is 2.22. The van der Waals surface area contributed by atoms with Crippen molar-refractivity contribution >= 4 is 11.8 Å². The number of rotatable bonds is 1. The van der Waals surface area contributed by atoms with Gasteiger partial charge in [-0.15, -0.1) is 0 Å². The van der Waals surface area contributed by atoms with Gasteiger partial charge in [-0.05, 0) is 5.56 Å². The number of benzene rings is 1. The van der Waals surface area contributed by atoms with Crippen molar-refractivity contribution in [3.8, 4) is 0 Å². The number of esters is 1. The van der Waals surface area contributed by atoms with E-state index in [9.17, 15) is 9.59 Å². The Morgan fingerprint density at radius 1 is 1.15 bits per heavy atom. The fourth-order valence-corrected chi connectivity index (χ4v) is 1.38. The molecule has 2 rings (SSSR count). The lowest BCUT2D eigenvalue weighted by molar-refractivity contribution is -0.147. The first-order valence-corrected chi connectivity index (χ1v) is 4.05. The fourth-order valence-electron chi connectivity index (χ4n) is 1.38. The lowest BCUT2D eigenvalue weighted by Gasteiger charge is -2.02. The number of ketones is 1. The first kappa shape index (κ1) is 7.98. The molecule has 0 bridgehead atoms. The van der Waals surface area contributed by atoms with Gasteiger partial charge in [0.1, 0.15) is 6.61 Å². The Kier molecular flexibility index (Phi) is 1.85. The molecule has 1 aliphatic rings. The molecule has 66 valence electrons. The predicted molar refractivity (Wildman–Crippen MR) is 45.1 cm³/mol. The van der Waals surface area contributed by atoms with E-state index in [1.807, 2.05) is 30.3 Å². The molecule has 0 spiro atoms. The van der Waals surface area contributed by atoms with Gasteiger partial charge in [0.05, 0.1) is 5.92 Å². The molecular weight excluding hydrogens is 168 g/mol. The molecule has 0 saturated carbocycles. The Morgan fingerprint density at radius 3 is 2.38 bits per heavy atom. The van der Waals surface area contributed by atoms with Crippen molar-refractivity contribution in [2.75, 3.05) is 6.61 Å². The highest BCUT2D eigenvalue weighted by molar-refractivity contribution is 6.37. The van der Waals surface area contributed by atoms with Crippen LogP contribution in [0.1, 0.15) is 11.5 Å². The average Bonchev–Trinajstić information content (AvgIpc) is 2.49. The molecule has 0 unspecified atom stereocenters. The molecule has 1 aromatic carbocycles. The van der Waals surface area contributed by atoms with Crippen LogP contribution in [0.2, 0.25) is 0 Å². The van der Waals surface area contributed by atoms with Crippen molar-refractivity contribution < 1.29 is 14.3 Å². The molecule has 0 amide bonds. The molecule has 0 radical (unpaired) electrons. The van der Waals surface area contributed by atoms with Gasteiger partial charge in [-0.1, -0.05) is 30.3 Å². The summed E-state index contributed by atoms with van der Waals surface area (Å²) in [7, 11) is 0. The van der Waals surface area contributed by atoms with E-state index in [0.29, 0.717) is 0 Å². The van der Waals surface area contributed by atoms with Crippen molar-refractivity contribution in [1.29, 1.82) is 0 Å². The largest absolute Gasteiger partial charge is 0.459 e. The van der Waals surface area contributed by atoms with Crippen LogP contribution >= 0.6 is 0 Å². The average molecular weight is 176 g/mol. The van der Waals surface area contributed by atoms with E-state index in [-0.39, 0.29) is 6.61 Å². The molecule has 1 heterocycles. The van der Waals surface area contributed by atoms with E-state index in [1.54, 1.807) is 0 Å². The normalized spacial score (nSPS) is 21.7. The first-order chi connectivity index (χ1) is 6.29. The SMILES string of the molecule is O=C1OC[C@@H](c2ccccc2)C1=O. The van der Waals surface area contributed by atoms with Crippen LogP contribution in [-0.4, -0.2) is 18.4 Å². The maximum absolute atomic E-state index is 11.2. The fraction of sp³-hybridized carbons (Fsp3) is 0.200. The number of hydrogen-bond donors (Lipinski definition) is 0. The number of ether oxygens (including phenoxy) is 1. The molecule has 1 atom stereocenters. The zero-order chi connectivity index (χ0) is 9.26. The van der Waals surface area contributed by atoms with Crippen LogP contribution in [0, 0.1) is 0 Å². The van der Waals surface area contributed by atoms with Crippen molar-refractivity contribution in [3.63, 3.8) is 0 Å². The lowest BCUT2D eigenvalue weighted by Crippen LogP contribution is -2.12. The Labute approximate surface area is 75.3 Å². The number of cyclic esters (lactones) is 1. The smallest absolute Gasteiger partial charge is 0.375 e. The topological polar surface area (TPSA) is 43.4 Å². The molecule has 1 aliphatic heterocycles. The van der Waals surface area contributed by atoms with E-state index in [0.717, 1.165) is 5.56 Å². The molecule has 13 heavy (non-hydrogen) atoms. The third-order valence-electron chi connectivity index (χ3n) is 2.10. The third-order valence-corrected chi connectivity index (χ3v) is 2.10. The molecule has 3 nitrogen and oxygen atoms in total. The zero-order valence-corrected chi connectivity index (χ0v) is 6.90. The second kappa shape index (κ2) is 3.01. The lowest BCUT2D eigenvalue weighted by atomic mass is 9.98. The predicted octanol–water partition coefficient (Wildman–Crippen LogP) is 0.896. The number of carbonyl (C=O) groups is 2. The molecule has 0 aromatic heterocycles. The van der Waals surface area contributed by atoms with Gasteiger partial charge in [0.25, 0.3) is 5.78 Å². The highest BCUT2D eigenvalue weighted by atomic mass is 16.5. The minimum atomic E-state index is -0.714. The maximum atomic E-state index is 11.2. The van der Waals surface area contributed by atoms with Crippen LogP contribution in [0.3, 0.4) is 0 Å². The van der Waals surface area contributed by atoms with Gasteiger partial charge in [0.2, 0.25) is 0 Å². The van der Waals surface area contributed by atoms with E-state index in [4.69, 9.17) is 0 Å². The van der Waals surface area contributed by atoms with Gasteiger partial charge in [0.15, 0.2) is 0 Å². The van der Waals surface area contributed by atoms with Crippen LogP contribution < -0.4 is 0 Å². The van der Waals surface area contributed by atoms with Crippen molar-refractivity contribution in [2.24, 2.45) is 0 Å². The van der Waals surface area contributed by atoms with Crippen LogP contribution in [0.25, 0.3) is 0 Å². The van der Waals surface area contributed by atoms with Crippen molar-refractivity contribution in [1.82, 2.24) is 0 Å². The monoisotopic (exact) mass is 176 g/mol. The van der Waals surface area contributed by atoms with Crippen LogP contribution in [0.4, 0.5) is 0 Å². The zero-order valence-electron chi connectivity index (χ0n) is 6.90. The summed E-state index contributed by atoms with van der Waals surface area (Å²) in [6.45, 7) is 0.182. The highest BCUT2D eigenvalue weighted by Gasteiger charge is 2.35. The quantitative estimate of drug-likeness (QED) is 0.471. The summed E-state index contributed by atoms with van der Waals surface area (Å²) >= 11 is 0. The van der Waals surface area contributed by atoms with Crippen LogP contribution in [0.15, 0.2) is 30.3 Å². The van der Waals surface area contributed by atoms with Gasteiger partial charge >= 0.3 is 5.97 Å². The standard InChI is InChI=1S/C10H8O3/c11-9-8(6-13-10(9)12)7-4-2-1-3-5-7/h1-5,8H,6H2/t8-/m0/s1. The number of Topliss-reactive ketones (excluding diaryl/α,β-unsaturated/α-hetero) is 1. The van der Waals surface area contributed by atoms with Gasteiger partial charge in [-0.2, -0.15) is 0 Å². The van der Waals surface area contributed by atoms with Gasteiger partial charge in [-0.3, -0.25) is 4.79 Å². The molecule has 0 aliphatic carbocycles. The summed E-state index contributed by atoms with van der Waals surface area (Å²) in [5.41, 5.74) is 0.846.